The number of halogens is 6. The first-order valence-electron chi connectivity index (χ1n) is 11.1. The summed E-state index contributed by atoms with van der Waals surface area (Å²) >= 11 is 6.18. The summed E-state index contributed by atoms with van der Waals surface area (Å²) in [7, 11) is 0. The van der Waals surface area contributed by atoms with Gasteiger partial charge in [0.2, 0.25) is 5.88 Å². The third kappa shape index (κ3) is 4.05. The average Bonchev–Trinajstić information content (AvgIpc) is 3.27. The molecule has 2 fully saturated rings. The van der Waals surface area contributed by atoms with Crippen molar-refractivity contribution in [2.24, 2.45) is 0 Å². The first kappa shape index (κ1) is 24.7. The van der Waals surface area contributed by atoms with E-state index in [4.69, 9.17) is 22.1 Å². The van der Waals surface area contributed by atoms with Crippen LogP contribution < -0.4 is 10.5 Å². The molecule has 36 heavy (non-hydrogen) atoms. The number of nitrogens with zero attached hydrogens (tertiary/aromatic N) is 4. The third-order valence-corrected chi connectivity index (χ3v) is 7.12. The van der Waals surface area contributed by atoms with Crippen LogP contribution in [0.4, 0.5) is 27.8 Å². The number of nitrogens with two attached hydrogens (primary N) is 1. The average molecular weight is 530 g/mol. The van der Waals surface area contributed by atoms with E-state index in [-0.39, 0.29) is 31.0 Å². The summed E-state index contributed by atoms with van der Waals surface area (Å²) in [4.78, 5) is 13.7. The van der Waals surface area contributed by atoms with Gasteiger partial charge in [-0.2, -0.15) is 23.1 Å². The van der Waals surface area contributed by atoms with Gasteiger partial charge >= 0.3 is 12.2 Å². The van der Waals surface area contributed by atoms with Gasteiger partial charge in [0.1, 0.15) is 24.1 Å². The minimum absolute atomic E-state index is 0.00856. The van der Waals surface area contributed by atoms with E-state index in [0.717, 1.165) is 25.1 Å². The molecule has 0 amide bonds. The van der Waals surface area contributed by atoms with Crippen molar-refractivity contribution >= 4 is 28.3 Å². The molecule has 0 bridgehead atoms. The van der Waals surface area contributed by atoms with Crippen molar-refractivity contribution < 1.29 is 31.8 Å². The molecule has 4 heterocycles. The van der Waals surface area contributed by atoms with Crippen LogP contribution in [0.2, 0.25) is 5.02 Å². The van der Waals surface area contributed by atoms with Gasteiger partial charge in [0.25, 0.3) is 0 Å². The standard InChI is InChI=1S/C23H21ClF5N5O2/c1-10-5-14(30)31-19(17(10)23(27,28)29)15-12(24)6-13(26)18-16(15)20(35)33-21(32-18)36-9-22-3-2-4-34(22)8-11(25)7-22/h5-6,11H,2-4,7-9H2,1H3,(H2,30,31)(H,32,33,35)/t11-,22+/m1/s1. The lowest BCUT2D eigenvalue weighted by Crippen LogP contribution is -2.43. The number of hydrogen-bond donors (Lipinski definition) is 2. The van der Waals surface area contributed by atoms with Gasteiger partial charge in [0.15, 0.2) is 5.82 Å². The number of pyridine rings is 1. The summed E-state index contributed by atoms with van der Waals surface area (Å²) in [6.45, 7) is 2.22. The maximum atomic E-state index is 14.9. The highest BCUT2D eigenvalue weighted by atomic mass is 35.5. The number of aryl methyl sites for hydroxylation is 1. The van der Waals surface area contributed by atoms with Crippen molar-refractivity contribution in [1.82, 2.24) is 19.9 Å². The molecule has 3 aromatic rings. The number of anilines is 1. The quantitative estimate of drug-likeness (QED) is 0.456. The van der Waals surface area contributed by atoms with Crippen molar-refractivity contribution in [2.45, 2.75) is 44.1 Å². The topological polar surface area (TPSA) is 97.4 Å². The van der Waals surface area contributed by atoms with E-state index in [0.29, 0.717) is 6.42 Å². The number of rotatable bonds is 4. The summed E-state index contributed by atoms with van der Waals surface area (Å²) in [6, 6.07) is 1.42. The number of benzene rings is 1. The number of alkyl halides is 4. The molecule has 7 nitrogen and oxygen atoms in total. The van der Waals surface area contributed by atoms with Crippen molar-refractivity contribution in [3.8, 4) is 23.1 Å². The number of ether oxygens (including phenoxy) is 1. The third-order valence-electron chi connectivity index (χ3n) is 6.83. The van der Waals surface area contributed by atoms with Gasteiger partial charge in [0.05, 0.1) is 27.2 Å². The first-order chi connectivity index (χ1) is 16.9. The fraction of sp³-hybridized carbons (Fsp3) is 0.435. The molecule has 2 aliphatic rings. The van der Waals surface area contributed by atoms with Crippen LogP contribution in [0.3, 0.4) is 0 Å². The number of hydrogen-bond acceptors (Lipinski definition) is 7. The largest absolute Gasteiger partial charge is 0.493 e. The Labute approximate surface area is 207 Å². The fourth-order valence-electron chi connectivity index (χ4n) is 5.38. The normalized spacial score (nSPS) is 22.4. The smallest absolute Gasteiger partial charge is 0.418 e. The highest BCUT2D eigenvalue weighted by Crippen LogP contribution is 2.46. The molecule has 192 valence electrons. The van der Waals surface area contributed by atoms with E-state index < -0.39 is 68.3 Å². The van der Waals surface area contributed by atoms with Crippen LogP contribution in [0.15, 0.2) is 12.1 Å². The lowest BCUT2D eigenvalue weighted by atomic mass is 9.95. The Balaban J connectivity index is 1.62. The second kappa shape index (κ2) is 8.55. The van der Waals surface area contributed by atoms with E-state index in [1.807, 2.05) is 4.90 Å². The molecule has 0 unspecified atom stereocenters. The molecular formula is C23H21ClF5N5O2. The molecule has 1 aromatic carbocycles. The van der Waals surface area contributed by atoms with Crippen molar-refractivity contribution in [2.75, 3.05) is 25.4 Å². The van der Waals surface area contributed by atoms with Crippen LogP contribution in [-0.4, -0.2) is 56.4 Å². The Morgan fingerprint density at radius 1 is 1.28 bits per heavy atom. The SMILES string of the molecule is Cc1cc(N)nc(-c2c(Cl)cc(F)c3nc(OC[C@@]45CCCN4C[C@H](F)C5)nc(O)c23)c1C(F)(F)F. The Morgan fingerprint density at radius 3 is 2.75 bits per heavy atom. The van der Waals surface area contributed by atoms with Crippen LogP contribution >= 0.6 is 11.6 Å². The van der Waals surface area contributed by atoms with Gasteiger partial charge in [-0.05, 0) is 44.0 Å². The fourth-order valence-corrected chi connectivity index (χ4v) is 5.66. The van der Waals surface area contributed by atoms with Crippen molar-refractivity contribution in [1.29, 1.82) is 0 Å². The van der Waals surface area contributed by atoms with Crippen LogP contribution in [0, 0.1) is 12.7 Å². The summed E-state index contributed by atoms with van der Waals surface area (Å²) < 4.78 is 76.5. The lowest BCUT2D eigenvalue weighted by molar-refractivity contribution is -0.137. The number of nitrogen functional groups attached to an aromatic ring is 1. The summed E-state index contributed by atoms with van der Waals surface area (Å²) in [5, 5.41) is 9.81. The minimum atomic E-state index is -4.86. The maximum Gasteiger partial charge on any atom is 0.418 e. The van der Waals surface area contributed by atoms with Crippen LogP contribution in [0.1, 0.15) is 30.4 Å². The van der Waals surface area contributed by atoms with Crippen LogP contribution in [0.25, 0.3) is 22.2 Å². The van der Waals surface area contributed by atoms with E-state index in [2.05, 4.69) is 15.0 Å². The molecule has 2 aliphatic heterocycles. The Hall–Kier alpha value is -2.99. The predicted molar refractivity (Wildman–Crippen MR) is 122 cm³/mol. The molecule has 2 aromatic heterocycles. The minimum Gasteiger partial charge on any atom is -0.493 e. The van der Waals surface area contributed by atoms with Crippen molar-refractivity contribution in [3.63, 3.8) is 0 Å². The molecule has 0 radical (unpaired) electrons. The summed E-state index contributed by atoms with van der Waals surface area (Å²) in [6.07, 6.45) is -4.03. The molecule has 0 aliphatic carbocycles. The van der Waals surface area contributed by atoms with Gasteiger partial charge in [-0.15, -0.1) is 0 Å². The number of aromatic hydroxyl groups is 1. The van der Waals surface area contributed by atoms with E-state index >= 15 is 0 Å². The highest BCUT2D eigenvalue weighted by molar-refractivity contribution is 6.35. The van der Waals surface area contributed by atoms with Gasteiger partial charge in [-0.3, -0.25) is 4.90 Å². The van der Waals surface area contributed by atoms with Crippen LogP contribution in [-0.2, 0) is 6.18 Å². The van der Waals surface area contributed by atoms with Crippen molar-refractivity contribution in [3.05, 3.63) is 34.1 Å². The lowest BCUT2D eigenvalue weighted by Gasteiger charge is -2.30. The monoisotopic (exact) mass is 529 g/mol. The van der Waals surface area contributed by atoms with E-state index in [1.165, 1.54) is 6.92 Å². The zero-order valence-corrected chi connectivity index (χ0v) is 19.7. The van der Waals surface area contributed by atoms with Gasteiger partial charge in [-0.1, -0.05) is 11.6 Å². The Kier molecular flexibility index (Phi) is 5.86. The zero-order valence-electron chi connectivity index (χ0n) is 19.0. The second-order valence-corrected chi connectivity index (χ2v) is 9.63. The molecule has 0 spiro atoms. The first-order valence-corrected chi connectivity index (χ1v) is 11.5. The summed E-state index contributed by atoms with van der Waals surface area (Å²) in [5.74, 6) is -2.09. The molecule has 2 atom stereocenters. The molecular weight excluding hydrogens is 509 g/mol. The maximum absolute atomic E-state index is 14.9. The molecule has 3 N–H and O–H groups in total. The number of fused-ring (bicyclic) bond motifs is 2. The van der Waals surface area contributed by atoms with Gasteiger partial charge < -0.3 is 15.6 Å². The predicted octanol–water partition coefficient (Wildman–Crippen LogP) is 5.05. The summed E-state index contributed by atoms with van der Waals surface area (Å²) in [5.41, 5.74) is 2.15. The van der Waals surface area contributed by atoms with Gasteiger partial charge in [0, 0.05) is 18.5 Å². The highest BCUT2D eigenvalue weighted by Gasteiger charge is 2.49. The molecule has 2 saturated heterocycles. The second-order valence-electron chi connectivity index (χ2n) is 9.22. The van der Waals surface area contributed by atoms with E-state index in [1.54, 1.807) is 0 Å². The zero-order chi connectivity index (χ0) is 26.0. The molecule has 0 saturated carbocycles. The molecule has 13 heteroatoms. The number of aromatic nitrogens is 3. The van der Waals surface area contributed by atoms with Gasteiger partial charge in [-0.25, -0.2) is 13.8 Å². The molecule has 5 rings (SSSR count). The Bertz CT molecular complexity index is 1370. The van der Waals surface area contributed by atoms with Crippen LogP contribution in [0.5, 0.6) is 11.9 Å². The van der Waals surface area contributed by atoms with E-state index in [9.17, 15) is 27.1 Å². The Morgan fingerprint density at radius 2 is 2.03 bits per heavy atom.